The van der Waals surface area contributed by atoms with Crippen LogP contribution in [0.25, 0.3) is 5.57 Å². The molecule has 144 valence electrons. The predicted octanol–water partition coefficient (Wildman–Crippen LogP) is 3.54. The third kappa shape index (κ3) is 3.34. The van der Waals surface area contributed by atoms with E-state index in [0.717, 1.165) is 25.2 Å². The first kappa shape index (κ1) is 18.4. The number of nitrogens with zero attached hydrogens (tertiary/aromatic N) is 2. The third-order valence-corrected chi connectivity index (χ3v) is 5.55. The number of carbonyl (C=O) groups is 2. The normalized spacial score (nSPS) is 18.9. The Morgan fingerprint density at radius 2 is 1.79 bits per heavy atom. The van der Waals surface area contributed by atoms with Gasteiger partial charge >= 0.3 is 0 Å². The van der Waals surface area contributed by atoms with Gasteiger partial charge in [-0.1, -0.05) is 48.5 Å². The summed E-state index contributed by atoms with van der Waals surface area (Å²) in [5.41, 5.74) is 3.09. The molecule has 2 aliphatic rings. The van der Waals surface area contributed by atoms with Crippen LogP contribution in [0.4, 0.5) is 11.4 Å². The summed E-state index contributed by atoms with van der Waals surface area (Å²) in [6, 6.07) is 17.8. The van der Waals surface area contributed by atoms with Crippen LogP contribution in [-0.2, 0) is 9.59 Å². The zero-order valence-electron chi connectivity index (χ0n) is 16.3. The van der Waals surface area contributed by atoms with Crippen LogP contribution in [0.15, 0.2) is 60.7 Å². The fraction of sp³-hybridized carbons (Fsp3) is 0.304. The number of hydrogen-bond donors (Lipinski definition) is 1. The van der Waals surface area contributed by atoms with Crippen molar-refractivity contribution in [2.45, 2.75) is 25.8 Å². The lowest BCUT2D eigenvalue weighted by atomic mass is 9.95. The molecular weight excluding hydrogens is 350 g/mol. The molecule has 0 aliphatic carbocycles. The summed E-state index contributed by atoms with van der Waals surface area (Å²) in [6.45, 7) is 5.44. The second kappa shape index (κ2) is 7.24. The molecule has 0 unspecified atom stereocenters. The van der Waals surface area contributed by atoms with Gasteiger partial charge in [-0.15, -0.1) is 0 Å². The molecule has 2 aliphatic heterocycles. The molecule has 0 atom stereocenters. The van der Waals surface area contributed by atoms with Gasteiger partial charge in [-0.25, -0.2) is 0 Å². The maximum atomic E-state index is 13.2. The Morgan fingerprint density at radius 1 is 1.07 bits per heavy atom. The number of hydrogen-bond acceptors (Lipinski definition) is 3. The van der Waals surface area contributed by atoms with Crippen molar-refractivity contribution in [3.63, 3.8) is 0 Å². The Morgan fingerprint density at radius 3 is 2.50 bits per heavy atom. The van der Waals surface area contributed by atoms with Crippen LogP contribution in [0.3, 0.4) is 0 Å². The molecule has 0 radical (unpaired) electrons. The standard InChI is InChI=1S/C23H25N3O2/c1-23(2)22(28)24-19-10-6-7-11-20(19)26(23)21(27)16-25-14-12-18(13-15-25)17-8-4-3-5-9-17/h3-12H,13-16H2,1-2H3,(H,24,28). The molecule has 4 rings (SSSR count). The highest BCUT2D eigenvalue weighted by Crippen LogP contribution is 2.36. The zero-order valence-corrected chi connectivity index (χ0v) is 16.3. The van der Waals surface area contributed by atoms with E-state index in [4.69, 9.17) is 0 Å². The lowest BCUT2D eigenvalue weighted by Gasteiger charge is -2.43. The van der Waals surface area contributed by atoms with Crippen LogP contribution in [-0.4, -0.2) is 41.9 Å². The first-order valence-electron chi connectivity index (χ1n) is 9.67. The van der Waals surface area contributed by atoms with Crippen LogP contribution < -0.4 is 10.2 Å². The van der Waals surface area contributed by atoms with E-state index < -0.39 is 5.54 Å². The minimum Gasteiger partial charge on any atom is -0.322 e. The summed E-state index contributed by atoms with van der Waals surface area (Å²) in [5.74, 6) is -0.215. The van der Waals surface area contributed by atoms with Crippen molar-refractivity contribution in [1.82, 2.24) is 4.90 Å². The molecule has 0 bridgehead atoms. The Balaban J connectivity index is 1.51. The smallest absolute Gasteiger partial charge is 0.250 e. The highest BCUT2D eigenvalue weighted by Gasteiger charge is 2.43. The van der Waals surface area contributed by atoms with Gasteiger partial charge in [0.05, 0.1) is 17.9 Å². The van der Waals surface area contributed by atoms with Crippen molar-refractivity contribution in [1.29, 1.82) is 0 Å². The molecule has 1 N–H and O–H groups in total. The number of rotatable bonds is 3. The van der Waals surface area contributed by atoms with E-state index in [-0.39, 0.29) is 11.8 Å². The molecule has 0 saturated heterocycles. The average Bonchev–Trinajstić information content (AvgIpc) is 2.70. The molecule has 0 saturated carbocycles. The van der Waals surface area contributed by atoms with E-state index in [1.807, 2.05) is 42.5 Å². The van der Waals surface area contributed by atoms with E-state index in [9.17, 15) is 9.59 Å². The molecule has 2 heterocycles. The maximum Gasteiger partial charge on any atom is 0.250 e. The molecule has 5 nitrogen and oxygen atoms in total. The van der Waals surface area contributed by atoms with E-state index in [1.54, 1.807) is 18.7 Å². The number of anilines is 2. The number of amides is 2. The predicted molar refractivity (Wildman–Crippen MR) is 112 cm³/mol. The number of fused-ring (bicyclic) bond motifs is 1. The molecule has 2 amide bonds. The Labute approximate surface area is 165 Å². The minimum atomic E-state index is -0.924. The van der Waals surface area contributed by atoms with Gasteiger partial charge in [0.2, 0.25) is 11.8 Å². The van der Waals surface area contributed by atoms with E-state index >= 15 is 0 Å². The third-order valence-electron chi connectivity index (χ3n) is 5.55. The van der Waals surface area contributed by atoms with Gasteiger partial charge in [0.1, 0.15) is 5.54 Å². The Kier molecular flexibility index (Phi) is 4.77. The molecular formula is C23H25N3O2. The van der Waals surface area contributed by atoms with Crippen LogP contribution >= 0.6 is 0 Å². The van der Waals surface area contributed by atoms with Crippen LogP contribution in [0.2, 0.25) is 0 Å². The lowest BCUT2D eigenvalue weighted by molar-refractivity contribution is -0.127. The van der Waals surface area contributed by atoms with Gasteiger partial charge < -0.3 is 5.32 Å². The van der Waals surface area contributed by atoms with Gasteiger partial charge in [0, 0.05) is 13.1 Å². The quantitative estimate of drug-likeness (QED) is 0.893. The number of carbonyl (C=O) groups excluding carboxylic acids is 2. The number of nitrogens with one attached hydrogen (secondary N) is 1. The van der Waals surface area contributed by atoms with Crippen LogP contribution in [0, 0.1) is 0 Å². The average molecular weight is 375 g/mol. The first-order chi connectivity index (χ1) is 13.5. The summed E-state index contributed by atoms with van der Waals surface area (Å²) in [7, 11) is 0. The van der Waals surface area contributed by atoms with Crippen molar-refractivity contribution in [3.8, 4) is 0 Å². The zero-order chi connectivity index (χ0) is 19.7. The lowest BCUT2D eigenvalue weighted by Crippen LogP contribution is -2.60. The molecule has 0 fully saturated rings. The van der Waals surface area contributed by atoms with E-state index in [2.05, 4.69) is 28.4 Å². The van der Waals surface area contributed by atoms with Gasteiger partial charge in [0.15, 0.2) is 0 Å². The van der Waals surface area contributed by atoms with Crippen molar-refractivity contribution in [3.05, 3.63) is 66.2 Å². The molecule has 2 aromatic carbocycles. The highest BCUT2D eigenvalue weighted by molar-refractivity contribution is 6.14. The van der Waals surface area contributed by atoms with Gasteiger partial charge in [-0.2, -0.15) is 0 Å². The fourth-order valence-corrected chi connectivity index (χ4v) is 3.93. The highest BCUT2D eigenvalue weighted by atomic mass is 16.2. The van der Waals surface area contributed by atoms with Crippen molar-refractivity contribution in [2.24, 2.45) is 0 Å². The number of benzene rings is 2. The molecule has 5 heteroatoms. The minimum absolute atomic E-state index is 0.0520. The maximum absolute atomic E-state index is 13.2. The first-order valence-corrected chi connectivity index (χ1v) is 9.67. The van der Waals surface area contributed by atoms with Gasteiger partial charge in [0.25, 0.3) is 0 Å². The van der Waals surface area contributed by atoms with Crippen LogP contribution in [0.5, 0.6) is 0 Å². The summed E-state index contributed by atoms with van der Waals surface area (Å²) < 4.78 is 0. The van der Waals surface area contributed by atoms with Crippen molar-refractivity contribution >= 4 is 28.8 Å². The van der Waals surface area contributed by atoms with Gasteiger partial charge in [-0.3, -0.25) is 19.4 Å². The summed E-state index contributed by atoms with van der Waals surface area (Å²) in [5, 5.41) is 2.91. The molecule has 28 heavy (non-hydrogen) atoms. The second-order valence-electron chi connectivity index (χ2n) is 7.84. The summed E-state index contributed by atoms with van der Waals surface area (Å²) in [4.78, 5) is 29.6. The van der Waals surface area contributed by atoms with E-state index in [1.165, 1.54) is 11.1 Å². The van der Waals surface area contributed by atoms with E-state index in [0.29, 0.717) is 12.2 Å². The second-order valence-corrected chi connectivity index (χ2v) is 7.84. The molecule has 0 spiro atoms. The van der Waals surface area contributed by atoms with Crippen LogP contribution in [0.1, 0.15) is 25.8 Å². The summed E-state index contributed by atoms with van der Waals surface area (Å²) in [6.07, 6.45) is 3.12. The largest absolute Gasteiger partial charge is 0.322 e. The summed E-state index contributed by atoms with van der Waals surface area (Å²) >= 11 is 0. The number of para-hydroxylation sites is 2. The Hall–Kier alpha value is -2.92. The molecule has 2 aromatic rings. The fourth-order valence-electron chi connectivity index (χ4n) is 3.93. The monoisotopic (exact) mass is 375 g/mol. The SMILES string of the molecule is CC1(C)C(=O)Nc2ccccc2N1C(=O)CN1CC=C(c2ccccc2)CC1. The van der Waals surface area contributed by atoms with Crippen molar-refractivity contribution < 1.29 is 9.59 Å². The topological polar surface area (TPSA) is 52.7 Å². The van der Waals surface area contributed by atoms with Gasteiger partial charge in [-0.05, 0) is 43.5 Å². The van der Waals surface area contributed by atoms with Crippen molar-refractivity contribution in [2.75, 3.05) is 29.9 Å². The Bertz CT molecular complexity index is 934. The molecule has 0 aromatic heterocycles.